The van der Waals surface area contributed by atoms with E-state index in [9.17, 15) is 4.79 Å². The normalized spacial score (nSPS) is 10.8. The van der Waals surface area contributed by atoms with Crippen molar-refractivity contribution in [2.24, 2.45) is 7.05 Å². The van der Waals surface area contributed by atoms with Gasteiger partial charge in [0.1, 0.15) is 0 Å². The van der Waals surface area contributed by atoms with Crippen LogP contribution in [0.2, 0.25) is 10.0 Å². The number of ether oxygens (including phenoxy) is 1. The van der Waals surface area contributed by atoms with Crippen molar-refractivity contribution in [2.45, 2.75) is 0 Å². The fourth-order valence-electron chi connectivity index (χ4n) is 2.34. The molecule has 0 aliphatic carbocycles. The number of nitrogens with one attached hydrogen (secondary N) is 1. The Kier molecular flexibility index (Phi) is 4.15. The second-order valence-corrected chi connectivity index (χ2v) is 5.76. The van der Waals surface area contributed by atoms with Crippen molar-refractivity contribution in [3.63, 3.8) is 0 Å². The fraction of sp³-hybridized carbons (Fsp3) is 0.125. The van der Waals surface area contributed by atoms with E-state index >= 15 is 0 Å². The van der Waals surface area contributed by atoms with Crippen LogP contribution < -0.4 is 10.1 Å². The predicted molar refractivity (Wildman–Crippen MR) is 91.7 cm³/mol. The van der Waals surface area contributed by atoms with Gasteiger partial charge in [0.25, 0.3) is 5.91 Å². The standard InChI is InChI=1S/C16H13Cl2N3O2/c1-21-16(23-2)11-5-3-9(7-14(11)20-21)15(22)19-10-4-6-12(17)13(18)8-10/h3-8H,1-2H3,(H,19,22). The first-order chi connectivity index (χ1) is 11.0. The molecule has 0 aliphatic rings. The molecule has 23 heavy (non-hydrogen) atoms. The molecule has 0 saturated heterocycles. The van der Waals surface area contributed by atoms with Crippen LogP contribution in [-0.2, 0) is 7.05 Å². The van der Waals surface area contributed by atoms with Gasteiger partial charge in [-0.15, -0.1) is 0 Å². The summed E-state index contributed by atoms with van der Waals surface area (Å²) in [5.41, 5.74) is 1.75. The largest absolute Gasteiger partial charge is 0.481 e. The average molecular weight is 350 g/mol. The summed E-state index contributed by atoms with van der Waals surface area (Å²) in [5.74, 6) is 0.395. The molecular weight excluding hydrogens is 337 g/mol. The maximum Gasteiger partial charge on any atom is 0.255 e. The van der Waals surface area contributed by atoms with Gasteiger partial charge in [0.2, 0.25) is 5.88 Å². The number of benzene rings is 2. The van der Waals surface area contributed by atoms with E-state index in [2.05, 4.69) is 10.4 Å². The number of amides is 1. The van der Waals surface area contributed by atoms with Crippen molar-refractivity contribution >= 4 is 45.7 Å². The molecule has 3 aromatic rings. The molecule has 1 aromatic heterocycles. The Morgan fingerprint density at radius 3 is 2.65 bits per heavy atom. The van der Waals surface area contributed by atoms with Gasteiger partial charge in [-0.1, -0.05) is 23.2 Å². The zero-order chi connectivity index (χ0) is 16.6. The molecule has 118 valence electrons. The molecule has 0 bridgehead atoms. The first-order valence-corrected chi connectivity index (χ1v) is 7.52. The number of hydrogen-bond donors (Lipinski definition) is 1. The summed E-state index contributed by atoms with van der Waals surface area (Å²) >= 11 is 11.8. The number of halogens is 2. The second kappa shape index (κ2) is 6.10. The molecule has 1 heterocycles. The predicted octanol–water partition coefficient (Wildman–Crippen LogP) is 4.14. The molecule has 1 N–H and O–H groups in total. The fourth-order valence-corrected chi connectivity index (χ4v) is 2.64. The third-order valence-electron chi connectivity index (χ3n) is 3.41. The molecule has 0 radical (unpaired) electrons. The minimum Gasteiger partial charge on any atom is -0.481 e. The highest BCUT2D eigenvalue weighted by Gasteiger charge is 2.13. The van der Waals surface area contributed by atoms with Crippen LogP contribution in [0.4, 0.5) is 5.69 Å². The van der Waals surface area contributed by atoms with Gasteiger partial charge < -0.3 is 10.1 Å². The van der Waals surface area contributed by atoms with Gasteiger partial charge in [-0.05, 0) is 36.4 Å². The summed E-state index contributed by atoms with van der Waals surface area (Å²) in [4.78, 5) is 12.4. The zero-order valence-electron chi connectivity index (χ0n) is 12.4. The minimum atomic E-state index is -0.255. The van der Waals surface area contributed by atoms with Crippen LogP contribution >= 0.6 is 23.2 Å². The zero-order valence-corrected chi connectivity index (χ0v) is 13.9. The lowest BCUT2D eigenvalue weighted by Crippen LogP contribution is -2.11. The van der Waals surface area contributed by atoms with E-state index in [-0.39, 0.29) is 5.91 Å². The first kappa shape index (κ1) is 15.6. The van der Waals surface area contributed by atoms with Crippen LogP contribution in [0.25, 0.3) is 10.9 Å². The molecule has 1 amide bonds. The Morgan fingerprint density at radius 2 is 1.96 bits per heavy atom. The van der Waals surface area contributed by atoms with Crippen molar-refractivity contribution in [1.82, 2.24) is 9.78 Å². The summed E-state index contributed by atoms with van der Waals surface area (Å²) in [5, 5.41) is 8.78. The number of methoxy groups -OCH3 is 1. The highest BCUT2D eigenvalue weighted by Crippen LogP contribution is 2.27. The van der Waals surface area contributed by atoms with E-state index < -0.39 is 0 Å². The quantitative estimate of drug-likeness (QED) is 0.772. The topological polar surface area (TPSA) is 56.1 Å². The molecule has 0 fully saturated rings. The van der Waals surface area contributed by atoms with E-state index in [1.54, 1.807) is 49.2 Å². The molecule has 2 aromatic carbocycles. The number of aryl methyl sites for hydroxylation is 1. The summed E-state index contributed by atoms with van der Waals surface area (Å²) in [6.45, 7) is 0. The number of fused-ring (bicyclic) bond motifs is 1. The smallest absolute Gasteiger partial charge is 0.255 e. The Bertz CT molecular complexity index is 906. The molecule has 5 nitrogen and oxygen atoms in total. The van der Waals surface area contributed by atoms with Crippen molar-refractivity contribution < 1.29 is 9.53 Å². The highest BCUT2D eigenvalue weighted by molar-refractivity contribution is 6.42. The number of rotatable bonds is 3. The molecule has 0 saturated carbocycles. The third kappa shape index (κ3) is 2.98. The van der Waals surface area contributed by atoms with E-state index in [0.29, 0.717) is 32.7 Å². The van der Waals surface area contributed by atoms with Gasteiger partial charge in [-0.3, -0.25) is 4.79 Å². The summed E-state index contributed by atoms with van der Waals surface area (Å²) in [7, 11) is 3.37. The Balaban J connectivity index is 1.90. The van der Waals surface area contributed by atoms with Crippen molar-refractivity contribution in [3.05, 3.63) is 52.0 Å². The lowest BCUT2D eigenvalue weighted by Gasteiger charge is -2.06. The molecule has 7 heteroatoms. The van der Waals surface area contributed by atoms with Crippen molar-refractivity contribution in [2.75, 3.05) is 12.4 Å². The highest BCUT2D eigenvalue weighted by atomic mass is 35.5. The number of anilines is 1. The van der Waals surface area contributed by atoms with E-state index in [4.69, 9.17) is 27.9 Å². The molecule has 0 atom stereocenters. The van der Waals surface area contributed by atoms with E-state index in [0.717, 1.165) is 5.39 Å². The van der Waals surface area contributed by atoms with Crippen LogP contribution in [0.3, 0.4) is 0 Å². The summed E-state index contributed by atoms with van der Waals surface area (Å²) < 4.78 is 6.92. The molecule has 3 rings (SSSR count). The van der Waals surface area contributed by atoms with Gasteiger partial charge in [-0.25, -0.2) is 4.68 Å². The lowest BCUT2D eigenvalue weighted by atomic mass is 10.1. The number of carbonyl (C=O) groups excluding carboxylic acids is 1. The molecule has 0 unspecified atom stereocenters. The van der Waals surface area contributed by atoms with Crippen LogP contribution in [0.15, 0.2) is 36.4 Å². The maximum atomic E-state index is 12.4. The van der Waals surface area contributed by atoms with E-state index in [1.165, 1.54) is 0 Å². The van der Waals surface area contributed by atoms with Crippen LogP contribution in [0, 0.1) is 0 Å². The number of nitrogens with zero attached hydrogens (tertiary/aromatic N) is 2. The van der Waals surface area contributed by atoms with Crippen LogP contribution in [0.5, 0.6) is 5.88 Å². The van der Waals surface area contributed by atoms with Gasteiger partial charge in [0.05, 0.1) is 28.1 Å². The second-order valence-electron chi connectivity index (χ2n) is 4.95. The average Bonchev–Trinajstić information content (AvgIpc) is 2.85. The SMILES string of the molecule is COc1c2ccc(C(=O)Nc3ccc(Cl)c(Cl)c3)cc2nn1C. The van der Waals surface area contributed by atoms with E-state index in [1.807, 2.05) is 6.07 Å². The molecule has 0 aliphatic heterocycles. The Morgan fingerprint density at radius 1 is 1.17 bits per heavy atom. The number of aromatic nitrogens is 2. The maximum absolute atomic E-state index is 12.4. The number of hydrogen-bond acceptors (Lipinski definition) is 3. The summed E-state index contributed by atoms with van der Waals surface area (Å²) in [6.07, 6.45) is 0. The minimum absolute atomic E-state index is 0.255. The van der Waals surface area contributed by atoms with Gasteiger partial charge in [0.15, 0.2) is 0 Å². The molecule has 0 spiro atoms. The third-order valence-corrected chi connectivity index (χ3v) is 4.15. The van der Waals surface area contributed by atoms with Crippen molar-refractivity contribution in [1.29, 1.82) is 0 Å². The lowest BCUT2D eigenvalue weighted by molar-refractivity contribution is 0.102. The van der Waals surface area contributed by atoms with Gasteiger partial charge in [-0.2, -0.15) is 5.10 Å². The number of carbonyl (C=O) groups is 1. The first-order valence-electron chi connectivity index (χ1n) is 6.76. The molecular formula is C16H13Cl2N3O2. The Hall–Kier alpha value is -2.24. The van der Waals surface area contributed by atoms with Gasteiger partial charge in [0, 0.05) is 18.3 Å². The summed E-state index contributed by atoms with van der Waals surface area (Å²) in [6, 6.07) is 10.2. The van der Waals surface area contributed by atoms with Crippen LogP contribution in [-0.4, -0.2) is 22.8 Å². The van der Waals surface area contributed by atoms with Gasteiger partial charge >= 0.3 is 0 Å². The monoisotopic (exact) mass is 349 g/mol. The van der Waals surface area contributed by atoms with Crippen LogP contribution in [0.1, 0.15) is 10.4 Å². The van der Waals surface area contributed by atoms with Crippen molar-refractivity contribution in [3.8, 4) is 5.88 Å². The Labute approximate surface area is 142 Å².